The van der Waals surface area contributed by atoms with Gasteiger partial charge in [0.2, 0.25) is 10.0 Å². The normalized spacial score (nSPS) is 20.7. The predicted molar refractivity (Wildman–Crippen MR) is 107 cm³/mol. The summed E-state index contributed by atoms with van der Waals surface area (Å²) in [6.45, 7) is 2.60. The molecule has 2 N–H and O–H groups in total. The van der Waals surface area contributed by atoms with Crippen LogP contribution in [0.5, 0.6) is 0 Å². The van der Waals surface area contributed by atoms with Gasteiger partial charge in [0.25, 0.3) is 0 Å². The Bertz CT molecular complexity index is 784. The van der Waals surface area contributed by atoms with Crippen molar-refractivity contribution in [1.29, 1.82) is 0 Å². The van der Waals surface area contributed by atoms with Crippen LogP contribution in [0.2, 0.25) is 0 Å². The number of hydrogen-bond donors (Lipinski definition) is 2. The zero-order chi connectivity index (χ0) is 18.4. The van der Waals surface area contributed by atoms with Crippen molar-refractivity contribution in [2.24, 2.45) is 5.92 Å². The van der Waals surface area contributed by atoms with E-state index in [4.69, 9.17) is 0 Å². The zero-order valence-corrected chi connectivity index (χ0v) is 16.0. The summed E-state index contributed by atoms with van der Waals surface area (Å²) < 4.78 is 26.1. The SMILES string of the molecule is CCS(=O)(=O)NC1CCC(CNc2ccc(-c3ccccn3)cc2)CC1. The molecule has 1 aliphatic carbocycles. The van der Waals surface area contributed by atoms with Crippen LogP contribution < -0.4 is 10.0 Å². The van der Waals surface area contributed by atoms with E-state index in [0.29, 0.717) is 5.92 Å². The van der Waals surface area contributed by atoms with Gasteiger partial charge in [0.15, 0.2) is 0 Å². The minimum Gasteiger partial charge on any atom is -0.385 e. The summed E-state index contributed by atoms with van der Waals surface area (Å²) in [6, 6.07) is 14.4. The van der Waals surface area contributed by atoms with Gasteiger partial charge in [0.1, 0.15) is 0 Å². The molecule has 1 saturated carbocycles. The number of anilines is 1. The van der Waals surface area contributed by atoms with Crippen molar-refractivity contribution in [2.75, 3.05) is 17.6 Å². The number of sulfonamides is 1. The van der Waals surface area contributed by atoms with Crippen LogP contribution >= 0.6 is 0 Å². The Morgan fingerprint density at radius 3 is 2.38 bits per heavy atom. The first-order valence-corrected chi connectivity index (χ1v) is 11.0. The maximum Gasteiger partial charge on any atom is 0.211 e. The molecular formula is C20H27N3O2S. The first-order valence-electron chi connectivity index (χ1n) is 9.31. The Balaban J connectivity index is 1.45. The summed E-state index contributed by atoms with van der Waals surface area (Å²) >= 11 is 0. The second-order valence-corrected chi connectivity index (χ2v) is 8.95. The van der Waals surface area contributed by atoms with E-state index < -0.39 is 10.0 Å². The predicted octanol–water partition coefficient (Wildman–Crippen LogP) is 3.66. The highest BCUT2D eigenvalue weighted by atomic mass is 32.2. The lowest BCUT2D eigenvalue weighted by Crippen LogP contribution is -2.39. The third-order valence-corrected chi connectivity index (χ3v) is 6.47. The highest BCUT2D eigenvalue weighted by molar-refractivity contribution is 7.89. The number of rotatable bonds is 7. The molecule has 1 fully saturated rings. The highest BCUT2D eigenvalue weighted by Gasteiger charge is 2.23. The minimum atomic E-state index is -3.09. The Morgan fingerprint density at radius 1 is 1.04 bits per heavy atom. The Labute approximate surface area is 156 Å². The second kappa shape index (κ2) is 8.64. The van der Waals surface area contributed by atoms with Gasteiger partial charge in [-0.15, -0.1) is 0 Å². The molecule has 0 amide bonds. The maximum atomic E-state index is 11.7. The highest BCUT2D eigenvalue weighted by Crippen LogP contribution is 2.26. The molecule has 1 aliphatic rings. The van der Waals surface area contributed by atoms with E-state index in [1.54, 1.807) is 13.1 Å². The van der Waals surface area contributed by atoms with E-state index in [9.17, 15) is 8.42 Å². The second-order valence-electron chi connectivity index (χ2n) is 6.91. The van der Waals surface area contributed by atoms with E-state index in [-0.39, 0.29) is 11.8 Å². The Kier molecular flexibility index (Phi) is 6.27. The summed E-state index contributed by atoms with van der Waals surface area (Å²) in [5, 5.41) is 3.51. The Morgan fingerprint density at radius 2 is 1.77 bits per heavy atom. The average Bonchev–Trinajstić information content (AvgIpc) is 2.68. The fourth-order valence-corrected chi connectivity index (χ4v) is 4.29. The summed E-state index contributed by atoms with van der Waals surface area (Å²) in [7, 11) is -3.09. The van der Waals surface area contributed by atoms with Gasteiger partial charge >= 0.3 is 0 Å². The molecular weight excluding hydrogens is 346 g/mol. The van der Waals surface area contributed by atoms with E-state index >= 15 is 0 Å². The van der Waals surface area contributed by atoms with E-state index in [1.807, 2.05) is 18.2 Å². The van der Waals surface area contributed by atoms with Gasteiger partial charge in [-0.05, 0) is 62.8 Å². The van der Waals surface area contributed by atoms with Crippen LogP contribution in [0, 0.1) is 5.92 Å². The monoisotopic (exact) mass is 373 g/mol. The fraction of sp³-hybridized carbons (Fsp3) is 0.450. The molecule has 140 valence electrons. The first kappa shape index (κ1) is 18.9. The molecule has 3 rings (SSSR count). The Hall–Kier alpha value is -1.92. The van der Waals surface area contributed by atoms with E-state index in [1.165, 1.54) is 0 Å². The first-order chi connectivity index (χ1) is 12.6. The van der Waals surface area contributed by atoms with Gasteiger partial charge < -0.3 is 5.32 Å². The largest absolute Gasteiger partial charge is 0.385 e. The molecule has 1 aromatic carbocycles. The van der Waals surface area contributed by atoms with Crippen molar-refractivity contribution < 1.29 is 8.42 Å². The number of benzene rings is 1. The van der Waals surface area contributed by atoms with Crippen LogP contribution in [0.3, 0.4) is 0 Å². The molecule has 2 aromatic rings. The van der Waals surface area contributed by atoms with Gasteiger partial charge in [-0.1, -0.05) is 18.2 Å². The quantitative estimate of drug-likeness (QED) is 0.777. The molecule has 0 saturated heterocycles. The fourth-order valence-electron chi connectivity index (χ4n) is 3.38. The molecule has 0 atom stereocenters. The molecule has 1 heterocycles. The zero-order valence-electron chi connectivity index (χ0n) is 15.2. The van der Waals surface area contributed by atoms with Gasteiger partial charge in [-0.2, -0.15) is 0 Å². The van der Waals surface area contributed by atoms with Crippen molar-refractivity contribution in [2.45, 2.75) is 38.6 Å². The minimum absolute atomic E-state index is 0.105. The number of hydrogen-bond acceptors (Lipinski definition) is 4. The van der Waals surface area contributed by atoms with Gasteiger partial charge in [-0.3, -0.25) is 4.98 Å². The smallest absolute Gasteiger partial charge is 0.211 e. The maximum absolute atomic E-state index is 11.7. The lowest BCUT2D eigenvalue weighted by molar-refractivity contribution is 0.324. The topological polar surface area (TPSA) is 71.1 Å². The molecule has 6 heteroatoms. The molecule has 26 heavy (non-hydrogen) atoms. The van der Waals surface area contributed by atoms with Gasteiger partial charge in [0.05, 0.1) is 11.4 Å². The van der Waals surface area contributed by atoms with Crippen LogP contribution in [0.1, 0.15) is 32.6 Å². The number of aromatic nitrogens is 1. The number of nitrogens with zero attached hydrogens (tertiary/aromatic N) is 1. The standard InChI is InChI=1S/C20H27N3O2S/c1-2-26(24,25)23-19-10-6-16(7-11-19)15-22-18-12-8-17(9-13-18)20-5-3-4-14-21-20/h3-5,8-9,12-14,16,19,22-23H,2,6-7,10-11,15H2,1H3. The van der Waals surface area contributed by atoms with Gasteiger partial charge in [-0.25, -0.2) is 13.1 Å². The molecule has 0 spiro atoms. The third kappa shape index (κ3) is 5.29. The third-order valence-electron chi connectivity index (χ3n) is 5.01. The summed E-state index contributed by atoms with van der Waals surface area (Å²) in [5.41, 5.74) is 3.20. The summed E-state index contributed by atoms with van der Waals surface area (Å²) in [5.74, 6) is 0.746. The van der Waals surface area contributed by atoms with Crippen LogP contribution in [0.15, 0.2) is 48.7 Å². The van der Waals surface area contributed by atoms with Crippen molar-refractivity contribution in [1.82, 2.24) is 9.71 Å². The van der Waals surface area contributed by atoms with Crippen molar-refractivity contribution in [3.8, 4) is 11.3 Å². The molecule has 1 aromatic heterocycles. The van der Waals surface area contributed by atoms with Crippen molar-refractivity contribution in [3.05, 3.63) is 48.7 Å². The van der Waals surface area contributed by atoms with Crippen LogP contribution in [-0.2, 0) is 10.0 Å². The van der Waals surface area contributed by atoms with Crippen LogP contribution in [0.4, 0.5) is 5.69 Å². The van der Waals surface area contributed by atoms with E-state index in [2.05, 4.69) is 39.3 Å². The van der Waals surface area contributed by atoms with E-state index in [0.717, 1.165) is 49.2 Å². The average molecular weight is 374 g/mol. The van der Waals surface area contributed by atoms with Gasteiger partial charge in [0, 0.05) is 30.0 Å². The van der Waals surface area contributed by atoms with Crippen molar-refractivity contribution >= 4 is 15.7 Å². The lowest BCUT2D eigenvalue weighted by Gasteiger charge is -2.29. The van der Waals surface area contributed by atoms with Crippen molar-refractivity contribution in [3.63, 3.8) is 0 Å². The lowest BCUT2D eigenvalue weighted by atomic mass is 9.86. The molecule has 0 unspecified atom stereocenters. The molecule has 0 radical (unpaired) electrons. The molecule has 0 aliphatic heterocycles. The number of nitrogens with one attached hydrogen (secondary N) is 2. The molecule has 0 bridgehead atoms. The summed E-state index contributed by atoms with van der Waals surface area (Å²) in [4.78, 5) is 4.37. The van der Waals surface area contributed by atoms with Crippen LogP contribution in [-0.4, -0.2) is 31.7 Å². The van der Waals surface area contributed by atoms with Crippen LogP contribution in [0.25, 0.3) is 11.3 Å². The molecule has 5 nitrogen and oxygen atoms in total. The summed E-state index contributed by atoms with van der Waals surface area (Å²) in [6.07, 6.45) is 5.75. The number of pyridine rings is 1.